The van der Waals surface area contributed by atoms with Crippen LogP contribution >= 0.6 is 11.3 Å². The minimum atomic E-state index is -0.293. The smallest absolute Gasteiger partial charge is 0.368 e. The van der Waals surface area contributed by atoms with E-state index < -0.39 is 0 Å². The van der Waals surface area contributed by atoms with Crippen LogP contribution in [0.25, 0.3) is 15.9 Å². The lowest BCUT2D eigenvalue weighted by molar-refractivity contribution is 0.306. The standard InChI is InChI=1S/C16H13N5O2S/c1-20-16(22)21(19-18-20)11-6-8-12(9-7-11)23-10-15-17-13-4-2-3-5-14(13)24-15/h2-9H,10H2,1H3. The Morgan fingerprint density at radius 2 is 1.88 bits per heavy atom. The number of fused-ring (bicyclic) bond motifs is 1. The minimum Gasteiger partial charge on any atom is -0.486 e. The Labute approximate surface area is 140 Å². The summed E-state index contributed by atoms with van der Waals surface area (Å²) in [6.45, 7) is 0.407. The van der Waals surface area contributed by atoms with Crippen molar-refractivity contribution < 1.29 is 4.74 Å². The van der Waals surface area contributed by atoms with Gasteiger partial charge < -0.3 is 4.74 Å². The van der Waals surface area contributed by atoms with Crippen molar-refractivity contribution in [3.63, 3.8) is 0 Å². The minimum absolute atomic E-state index is 0.293. The zero-order valence-electron chi connectivity index (χ0n) is 12.8. The molecule has 0 bridgehead atoms. The molecule has 0 N–H and O–H groups in total. The number of ether oxygens (including phenoxy) is 1. The van der Waals surface area contributed by atoms with Crippen molar-refractivity contribution in [1.29, 1.82) is 0 Å². The van der Waals surface area contributed by atoms with Gasteiger partial charge in [0.15, 0.2) is 0 Å². The fraction of sp³-hybridized carbons (Fsp3) is 0.125. The van der Waals surface area contributed by atoms with E-state index in [1.165, 1.54) is 9.36 Å². The molecule has 0 radical (unpaired) electrons. The summed E-state index contributed by atoms with van der Waals surface area (Å²) < 4.78 is 9.33. The van der Waals surface area contributed by atoms with Gasteiger partial charge in [-0.1, -0.05) is 12.1 Å². The van der Waals surface area contributed by atoms with Crippen LogP contribution in [0.2, 0.25) is 0 Å². The number of rotatable bonds is 4. The van der Waals surface area contributed by atoms with Gasteiger partial charge in [0, 0.05) is 7.05 Å². The van der Waals surface area contributed by atoms with Crippen LogP contribution < -0.4 is 10.4 Å². The van der Waals surface area contributed by atoms with Crippen LogP contribution in [-0.4, -0.2) is 24.8 Å². The van der Waals surface area contributed by atoms with Crippen molar-refractivity contribution >= 4 is 21.6 Å². The maximum absolute atomic E-state index is 11.8. The van der Waals surface area contributed by atoms with Crippen molar-refractivity contribution in [3.8, 4) is 11.4 Å². The van der Waals surface area contributed by atoms with Gasteiger partial charge in [-0.3, -0.25) is 0 Å². The molecule has 0 aliphatic carbocycles. The molecule has 120 valence electrons. The van der Waals surface area contributed by atoms with Crippen molar-refractivity contribution in [2.45, 2.75) is 6.61 Å². The summed E-state index contributed by atoms with van der Waals surface area (Å²) in [5.74, 6) is 0.704. The summed E-state index contributed by atoms with van der Waals surface area (Å²) in [7, 11) is 1.56. The molecule has 0 atom stereocenters. The lowest BCUT2D eigenvalue weighted by atomic mass is 10.3. The largest absolute Gasteiger partial charge is 0.486 e. The van der Waals surface area contributed by atoms with Crippen molar-refractivity contribution in [2.24, 2.45) is 7.05 Å². The number of thiazole rings is 1. The molecule has 8 heteroatoms. The first kappa shape index (κ1) is 14.6. The van der Waals surface area contributed by atoms with Gasteiger partial charge >= 0.3 is 5.69 Å². The Kier molecular flexibility index (Phi) is 3.58. The Balaban J connectivity index is 1.49. The molecule has 0 aliphatic rings. The average molecular weight is 339 g/mol. The number of hydrogen-bond donors (Lipinski definition) is 0. The van der Waals surface area contributed by atoms with Gasteiger partial charge in [0.25, 0.3) is 0 Å². The zero-order valence-corrected chi connectivity index (χ0v) is 13.6. The topological polar surface area (TPSA) is 74.8 Å². The molecule has 0 saturated carbocycles. The van der Waals surface area contributed by atoms with Crippen LogP contribution in [0.15, 0.2) is 53.3 Å². The predicted octanol–water partition coefficient (Wildman–Crippen LogP) is 2.15. The summed E-state index contributed by atoms with van der Waals surface area (Å²) in [5.41, 5.74) is 1.33. The summed E-state index contributed by atoms with van der Waals surface area (Å²) in [6, 6.07) is 15.1. The number of aromatic nitrogens is 5. The van der Waals surface area contributed by atoms with E-state index in [2.05, 4.69) is 15.4 Å². The number of aryl methyl sites for hydroxylation is 1. The molecule has 0 unspecified atom stereocenters. The maximum atomic E-state index is 11.8. The van der Waals surface area contributed by atoms with Crippen molar-refractivity contribution in [2.75, 3.05) is 0 Å². The summed E-state index contributed by atoms with van der Waals surface area (Å²) in [5, 5.41) is 8.41. The fourth-order valence-corrected chi connectivity index (χ4v) is 3.17. The second-order valence-electron chi connectivity index (χ2n) is 5.15. The highest BCUT2D eigenvalue weighted by Crippen LogP contribution is 2.23. The Hall–Kier alpha value is -3.00. The first-order chi connectivity index (χ1) is 11.7. The van der Waals surface area contributed by atoms with Gasteiger partial charge in [0.1, 0.15) is 17.4 Å². The van der Waals surface area contributed by atoms with Crippen molar-refractivity contribution in [3.05, 3.63) is 64.0 Å². The molecular weight excluding hydrogens is 326 g/mol. The normalized spacial score (nSPS) is 11.0. The van der Waals surface area contributed by atoms with E-state index in [1.807, 2.05) is 24.3 Å². The van der Waals surface area contributed by atoms with Crippen LogP contribution in [0.1, 0.15) is 5.01 Å². The number of hydrogen-bond acceptors (Lipinski definition) is 6. The van der Waals surface area contributed by atoms with E-state index in [0.29, 0.717) is 18.0 Å². The van der Waals surface area contributed by atoms with Crippen LogP contribution in [0.5, 0.6) is 5.75 Å². The highest BCUT2D eigenvalue weighted by atomic mass is 32.1. The molecule has 0 aliphatic heterocycles. The first-order valence-corrected chi connectivity index (χ1v) is 8.09. The average Bonchev–Trinajstić information content (AvgIpc) is 3.17. The number of para-hydroxylation sites is 1. The highest BCUT2D eigenvalue weighted by Gasteiger charge is 2.07. The lowest BCUT2D eigenvalue weighted by Gasteiger charge is -2.04. The molecular formula is C16H13N5O2S. The van der Waals surface area contributed by atoms with E-state index in [-0.39, 0.29) is 5.69 Å². The third kappa shape index (κ3) is 2.67. The third-order valence-electron chi connectivity index (χ3n) is 3.50. The Morgan fingerprint density at radius 1 is 1.08 bits per heavy atom. The number of tetrazole rings is 1. The molecule has 2 heterocycles. The molecule has 24 heavy (non-hydrogen) atoms. The number of benzene rings is 2. The molecule has 0 saturated heterocycles. The molecule has 0 fully saturated rings. The highest BCUT2D eigenvalue weighted by molar-refractivity contribution is 7.18. The number of nitrogens with zero attached hydrogens (tertiary/aromatic N) is 5. The van der Waals surface area contributed by atoms with Crippen LogP contribution in [-0.2, 0) is 13.7 Å². The quantitative estimate of drug-likeness (QED) is 0.569. The van der Waals surface area contributed by atoms with Crippen LogP contribution in [0, 0.1) is 0 Å². The first-order valence-electron chi connectivity index (χ1n) is 7.27. The lowest BCUT2D eigenvalue weighted by Crippen LogP contribution is -2.21. The molecule has 2 aromatic carbocycles. The zero-order chi connectivity index (χ0) is 16.5. The van der Waals surface area contributed by atoms with Gasteiger partial charge in [-0.05, 0) is 46.8 Å². The van der Waals surface area contributed by atoms with E-state index in [1.54, 1.807) is 42.6 Å². The van der Waals surface area contributed by atoms with E-state index in [9.17, 15) is 4.79 Å². The van der Waals surface area contributed by atoms with Crippen LogP contribution in [0.3, 0.4) is 0 Å². The molecule has 0 spiro atoms. The van der Waals surface area contributed by atoms with E-state index in [4.69, 9.17) is 4.74 Å². The fourth-order valence-electron chi connectivity index (χ4n) is 2.29. The summed E-state index contributed by atoms with van der Waals surface area (Å²) >= 11 is 1.62. The summed E-state index contributed by atoms with van der Waals surface area (Å²) in [6.07, 6.45) is 0. The Morgan fingerprint density at radius 3 is 2.58 bits per heavy atom. The second-order valence-corrected chi connectivity index (χ2v) is 6.27. The summed E-state index contributed by atoms with van der Waals surface area (Å²) in [4.78, 5) is 16.3. The van der Waals surface area contributed by atoms with Gasteiger partial charge in [-0.2, -0.15) is 9.36 Å². The van der Waals surface area contributed by atoms with Crippen LogP contribution in [0.4, 0.5) is 0 Å². The molecule has 7 nitrogen and oxygen atoms in total. The van der Waals surface area contributed by atoms with Gasteiger partial charge in [0.05, 0.1) is 15.9 Å². The molecule has 4 rings (SSSR count). The van der Waals surface area contributed by atoms with E-state index >= 15 is 0 Å². The Bertz CT molecular complexity index is 1020. The third-order valence-corrected chi connectivity index (χ3v) is 4.51. The maximum Gasteiger partial charge on any atom is 0.368 e. The van der Waals surface area contributed by atoms with E-state index in [0.717, 1.165) is 15.2 Å². The molecule has 4 aromatic rings. The molecule has 0 amide bonds. The second kappa shape index (κ2) is 5.89. The predicted molar refractivity (Wildman–Crippen MR) is 90.6 cm³/mol. The molecule has 2 aromatic heterocycles. The van der Waals surface area contributed by atoms with Gasteiger partial charge in [0.2, 0.25) is 0 Å². The SMILES string of the molecule is Cn1nnn(-c2ccc(OCc3nc4ccccc4s3)cc2)c1=O. The van der Waals surface area contributed by atoms with Gasteiger partial charge in [-0.25, -0.2) is 9.78 Å². The van der Waals surface area contributed by atoms with Gasteiger partial charge in [-0.15, -0.1) is 11.3 Å². The van der Waals surface area contributed by atoms with Crippen molar-refractivity contribution in [1.82, 2.24) is 24.8 Å². The monoisotopic (exact) mass is 339 g/mol.